The molecular weight excluding hydrogens is 264 g/mol. The van der Waals surface area contributed by atoms with E-state index in [2.05, 4.69) is 24.1 Å². The van der Waals surface area contributed by atoms with Crippen molar-refractivity contribution in [1.29, 1.82) is 0 Å². The number of rotatable bonds is 1. The van der Waals surface area contributed by atoms with Gasteiger partial charge in [0.25, 0.3) is 0 Å². The summed E-state index contributed by atoms with van der Waals surface area (Å²) in [7, 11) is 0. The zero-order valence-corrected chi connectivity index (χ0v) is 13.6. The van der Waals surface area contributed by atoms with Gasteiger partial charge in [-0.25, -0.2) is 0 Å². The van der Waals surface area contributed by atoms with Gasteiger partial charge in [0.1, 0.15) is 0 Å². The van der Waals surface area contributed by atoms with E-state index < -0.39 is 0 Å². The van der Waals surface area contributed by atoms with Crippen LogP contribution in [0.25, 0.3) is 0 Å². The number of likely N-dealkylation sites (tertiary alicyclic amines) is 1. The fraction of sp³-hybridized carbons (Fsp3) is 1.00. The Labute approximate surface area is 128 Å². The SMILES string of the molecule is CC1(C)C2CNCC2CN1C1CCOC2(CCOCC2)C1. The summed E-state index contributed by atoms with van der Waals surface area (Å²) in [6, 6.07) is 0.706. The highest BCUT2D eigenvalue weighted by molar-refractivity contribution is 5.07. The third-order valence-electron chi connectivity index (χ3n) is 6.73. The van der Waals surface area contributed by atoms with E-state index >= 15 is 0 Å². The first-order chi connectivity index (χ1) is 10.1. The molecule has 3 atom stereocenters. The van der Waals surface area contributed by atoms with E-state index in [0.717, 1.165) is 44.5 Å². The zero-order chi connectivity index (χ0) is 14.5. The summed E-state index contributed by atoms with van der Waals surface area (Å²) < 4.78 is 11.8. The maximum absolute atomic E-state index is 6.24. The molecule has 4 heteroatoms. The van der Waals surface area contributed by atoms with Crippen LogP contribution in [0.2, 0.25) is 0 Å². The quantitative estimate of drug-likeness (QED) is 0.797. The highest BCUT2D eigenvalue weighted by atomic mass is 16.5. The summed E-state index contributed by atoms with van der Waals surface area (Å²) >= 11 is 0. The van der Waals surface area contributed by atoms with Crippen LogP contribution in [0.15, 0.2) is 0 Å². The molecule has 4 saturated heterocycles. The first-order valence-electron chi connectivity index (χ1n) is 8.80. The summed E-state index contributed by atoms with van der Waals surface area (Å²) in [5.74, 6) is 1.68. The Hall–Kier alpha value is -0.160. The van der Waals surface area contributed by atoms with Crippen LogP contribution in [-0.4, -0.2) is 61.5 Å². The smallest absolute Gasteiger partial charge is 0.0741 e. The molecule has 4 fully saturated rings. The summed E-state index contributed by atoms with van der Waals surface area (Å²) in [4.78, 5) is 2.84. The van der Waals surface area contributed by atoms with E-state index in [-0.39, 0.29) is 5.60 Å². The molecule has 0 aromatic heterocycles. The number of ether oxygens (including phenoxy) is 2. The lowest BCUT2D eigenvalue weighted by Crippen LogP contribution is -2.56. The van der Waals surface area contributed by atoms with Crippen LogP contribution < -0.4 is 5.32 Å². The van der Waals surface area contributed by atoms with Gasteiger partial charge in [-0.3, -0.25) is 4.90 Å². The molecule has 4 heterocycles. The maximum Gasteiger partial charge on any atom is 0.0741 e. The van der Waals surface area contributed by atoms with Gasteiger partial charge in [-0.1, -0.05) is 0 Å². The molecule has 0 amide bonds. The number of hydrogen-bond acceptors (Lipinski definition) is 4. The van der Waals surface area contributed by atoms with E-state index in [1.165, 1.54) is 32.5 Å². The van der Waals surface area contributed by atoms with Crippen molar-refractivity contribution in [2.24, 2.45) is 11.8 Å². The van der Waals surface area contributed by atoms with Crippen molar-refractivity contribution in [2.45, 2.75) is 56.7 Å². The summed E-state index contributed by atoms with van der Waals surface area (Å²) in [5, 5.41) is 3.59. The van der Waals surface area contributed by atoms with E-state index in [9.17, 15) is 0 Å². The minimum Gasteiger partial charge on any atom is -0.381 e. The molecule has 4 aliphatic heterocycles. The molecule has 21 heavy (non-hydrogen) atoms. The third kappa shape index (κ3) is 2.35. The van der Waals surface area contributed by atoms with Crippen molar-refractivity contribution in [1.82, 2.24) is 10.2 Å². The summed E-state index contributed by atoms with van der Waals surface area (Å²) in [5.41, 5.74) is 0.454. The first kappa shape index (κ1) is 14.4. The average molecular weight is 294 g/mol. The second kappa shape index (κ2) is 5.19. The van der Waals surface area contributed by atoms with Gasteiger partial charge in [0.2, 0.25) is 0 Å². The van der Waals surface area contributed by atoms with E-state index in [0.29, 0.717) is 11.6 Å². The van der Waals surface area contributed by atoms with Crippen molar-refractivity contribution in [3.8, 4) is 0 Å². The molecule has 120 valence electrons. The highest BCUT2D eigenvalue weighted by Gasteiger charge is 2.53. The Morgan fingerprint density at radius 3 is 2.67 bits per heavy atom. The van der Waals surface area contributed by atoms with Gasteiger partial charge in [-0.05, 0) is 57.9 Å². The fourth-order valence-corrected chi connectivity index (χ4v) is 5.43. The lowest BCUT2D eigenvalue weighted by Gasteiger charge is -2.49. The standard InChI is InChI=1S/C17H30N2O2/c1-16(2)15-11-18-10-13(15)12-19(16)14-3-6-21-17(9-14)4-7-20-8-5-17/h13-15,18H,3-12H2,1-2H3. The van der Waals surface area contributed by atoms with Crippen LogP contribution >= 0.6 is 0 Å². The van der Waals surface area contributed by atoms with Gasteiger partial charge >= 0.3 is 0 Å². The number of fused-ring (bicyclic) bond motifs is 1. The third-order valence-corrected chi connectivity index (χ3v) is 6.73. The largest absolute Gasteiger partial charge is 0.381 e. The highest BCUT2D eigenvalue weighted by Crippen LogP contribution is 2.45. The first-order valence-corrected chi connectivity index (χ1v) is 8.80. The van der Waals surface area contributed by atoms with Gasteiger partial charge in [0, 0.05) is 44.5 Å². The summed E-state index contributed by atoms with van der Waals surface area (Å²) in [6.07, 6.45) is 4.60. The molecule has 4 rings (SSSR count). The Morgan fingerprint density at radius 1 is 1.10 bits per heavy atom. The van der Waals surface area contributed by atoms with Crippen LogP contribution in [0.1, 0.15) is 39.5 Å². The van der Waals surface area contributed by atoms with Crippen molar-refractivity contribution >= 4 is 0 Å². The Balaban J connectivity index is 1.51. The predicted octanol–water partition coefficient (Wildman–Crippen LogP) is 1.64. The molecule has 0 radical (unpaired) electrons. The van der Waals surface area contributed by atoms with Crippen molar-refractivity contribution in [3.05, 3.63) is 0 Å². The zero-order valence-electron chi connectivity index (χ0n) is 13.6. The van der Waals surface area contributed by atoms with Gasteiger partial charge < -0.3 is 14.8 Å². The Bertz CT molecular complexity index is 387. The molecule has 0 aromatic rings. The topological polar surface area (TPSA) is 33.7 Å². The van der Waals surface area contributed by atoms with E-state index in [4.69, 9.17) is 9.47 Å². The minimum absolute atomic E-state index is 0.118. The molecule has 4 aliphatic rings. The van der Waals surface area contributed by atoms with Crippen LogP contribution in [0.3, 0.4) is 0 Å². The van der Waals surface area contributed by atoms with Crippen LogP contribution in [-0.2, 0) is 9.47 Å². The second-order valence-corrected chi connectivity index (χ2v) is 8.12. The molecule has 3 unspecified atom stereocenters. The molecule has 0 aromatic carbocycles. The van der Waals surface area contributed by atoms with Gasteiger partial charge in [-0.15, -0.1) is 0 Å². The van der Waals surface area contributed by atoms with E-state index in [1.54, 1.807) is 0 Å². The monoisotopic (exact) mass is 294 g/mol. The van der Waals surface area contributed by atoms with Crippen molar-refractivity contribution in [3.63, 3.8) is 0 Å². The van der Waals surface area contributed by atoms with Crippen LogP contribution in [0.4, 0.5) is 0 Å². The second-order valence-electron chi connectivity index (χ2n) is 8.12. The minimum atomic E-state index is 0.118. The lowest BCUT2D eigenvalue weighted by atomic mass is 9.81. The van der Waals surface area contributed by atoms with Crippen molar-refractivity contribution in [2.75, 3.05) is 39.5 Å². The van der Waals surface area contributed by atoms with Gasteiger partial charge in [0.15, 0.2) is 0 Å². The lowest BCUT2D eigenvalue weighted by molar-refractivity contribution is -0.156. The molecule has 1 N–H and O–H groups in total. The van der Waals surface area contributed by atoms with Crippen LogP contribution in [0, 0.1) is 11.8 Å². The predicted molar refractivity (Wildman–Crippen MR) is 82.4 cm³/mol. The normalized spacial score (nSPS) is 42.3. The molecule has 4 nitrogen and oxygen atoms in total. The Morgan fingerprint density at radius 2 is 1.90 bits per heavy atom. The molecule has 0 aliphatic carbocycles. The Kier molecular flexibility index (Phi) is 3.57. The molecule has 0 bridgehead atoms. The molecular formula is C17H30N2O2. The summed E-state index contributed by atoms with van der Waals surface area (Å²) in [6.45, 7) is 11.3. The van der Waals surface area contributed by atoms with Gasteiger partial charge in [-0.2, -0.15) is 0 Å². The number of hydrogen-bond donors (Lipinski definition) is 1. The molecule has 1 spiro atoms. The maximum atomic E-state index is 6.24. The number of nitrogens with zero attached hydrogens (tertiary/aromatic N) is 1. The fourth-order valence-electron chi connectivity index (χ4n) is 5.43. The van der Waals surface area contributed by atoms with Crippen molar-refractivity contribution < 1.29 is 9.47 Å². The van der Waals surface area contributed by atoms with Crippen LogP contribution in [0.5, 0.6) is 0 Å². The molecule has 0 saturated carbocycles. The average Bonchev–Trinajstić information content (AvgIpc) is 3.02. The van der Waals surface area contributed by atoms with E-state index in [1.807, 2.05) is 0 Å². The number of nitrogens with one attached hydrogen (secondary N) is 1. The van der Waals surface area contributed by atoms with Gasteiger partial charge in [0.05, 0.1) is 5.60 Å².